The number of thiophene rings is 1. The molecular weight excluding hydrogens is 303 g/mol. The SMILES string of the molecule is CCCC(C)(CC)c1c(C)csc1I. The molecule has 0 saturated carbocycles. The van der Waals surface area contributed by atoms with Crippen molar-refractivity contribution in [3.05, 3.63) is 19.4 Å². The zero-order chi connectivity index (χ0) is 10.8. The summed E-state index contributed by atoms with van der Waals surface area (Å²) in [4.78, 5) is 0. The van der Waals surface area contributed by atoms with Crippen LogP contribution in [0.15, 0.2) is 5.38 Å². The Morgan fingerprint density at radius 3 is 2.43 bits per heavy atom. The van der Waals surface area contributed by atoms with E-state index in [0.717, 1.165) is 0 Å². The third kappa shape index (κ3) is 2.32. The molecule has 80 valence electrons. The average Bonchev–Trinajstić information content (AvgIpc) is 2.47. The van der Waals surface area contributed by atoms with Crippen molar-refractivity contribution in [2.75, 3.05) is 0 Å². The smallest absolute Gasteiger partial charge is 0.0693 e. The molecule has 0 N–H and O–H groups in total. The molecule has 0 aromatic carbocycles. The van der Waals surface area contributed by atoms with Crippen LogP contribution in [0.25, 0.3) is 0 Å². The van der Waals surface area contributed by atoms with Gasteiger partial charge in [0.05, 0.1) is 2.88 Å². The number of hydrogen-bond donors (Lipinski definition) is 0. The van der Waals surface area contributed by atoms with E-state index in [-0.39, 0.29) is 0 Å². The summed E-state index contributed by atoms with van der Waals surface area (Å²) in [5, 5.41) is 2.29. The van der Waals surface area contributed by atoms with Crippen molar-refractivity contribution >= 4 is 33.9 Å². The van der Waals surface area contributed by atoms with E-state index in [2.05, 4.69) is 55.7 Å². The Morgan fingerprint density at radius 1 is 1.43 bits per heavy atom. The summed E-state index contributed by atoms with van der Waals surface area (Å²) >= 11 is 4.37. The molecule has 1 unspecified atom stereocenters. The van der Waals surface area contributed by atoms with Crippen LogP contribution in [0.2, 0.25) is 0 Å². The molecule has 1 heterocycles. The number of hydrogen-bond acceptors (Lipinski definition) is 1. The fourth-order valence-corrected chi connectivity index (χ4v) is 4.54. The Bertz CT molecular complexity index is 284. The van der Waals surface area contributed by atoms with Crippen LogP contribution >= 0.6 is 33.9 Å². The minimum Gasteiger partial charge on any atom is -0.137 e. The zero-order valence-corrected chi connectivity index (χ0v) is 12.5. The van der Waals surface area contributed by atoms with Crippen molar-refractivity contribution in [3.63, 3.8) is 0 Å². The molecule has 1 rings (SSSR count). The van der Waals surface area contributed by atoms with Crippen LogP contribution in [0.5, 0.6) is 0 Å². The lowest BCUT2D eigenvalue weighted by Gasteiger charge is -2.29. The predicted octanol–water partition coefficient (Wildman–Crippen LogP) is 5.13. The van der Waals surface area contributed by atoms with Gasteiger partial charge in [0.15, 0.2) is 0 Å². The highest BCUT2D eigenvalue weighted by Gasteiger charge is 2.28. The molecule has 0 fully saturated rings. The first-order valence-corrected chi connectivity index (χ1v) is 7.25. The van der Waals surface area contributed by atoms with Crippen molar-refractivity contribution < 1.29 is 0 Å². The van der Waals surface area contributed by atoms with Crippen molar-refractivity contribution in [1.82, 2.24) is 0 Å². The molecule has 1 aromatic heterocycles. The summed E-state index contributed by atoms with van der Waals surface area (Å²) in [7, 11) is 0. The largest absolute Gasteiger partial charge is 0.137 e. The standard InChI is InChI=1S/C12H19IS/c1-5-7-12(4,6-2)10-9(3)8-14-11(10)13/h8H,5-7H2,1-4H3. The zero-order valence-electron chi connectivity index (χ0n) is 9.48. The molecule has 0 spiro atoms. The highest BCUT2D eigenvalue weighted by molar-refractivity contribution is 14.1. The second-order valence-electron chi connectivity index (χ2n) is 4.23. The first-order valence-electron chi connectivity index (χ1n) is 5.29. The molecule has 1 aromatic rings. The molecule has 0 saturated heterocycles. The quantitative estimate of drug-likeness (QED) is 0.674. The van der Waals surface area contributed by atoms with E-state index in [4.69, 9.17) is 0 Å². The fraction of sp³-hybridized carbons (Fsp3) is 0.667. The third-order valence-electron chi connectivity index (χ3n) is 3.12. The van der Waals surface area contributed by atoms with Crippen LogP contribution in [-0.4, -0.2) is 0 Å². The lowest BCUT2D eigenvalue weighted by Crippen LogP contribution is -2.21. The molecule has 0 bridgehead atoms. The molecule has 0 radical (unpaired) electrons. The van der Waals surface area contributed by atoms with Crippen LogP contribution in [-0.2, 0) is 5.41 Å². The third-order valence-corrected chi connectivity index (χ3v) is 5.30. The van der Waals surface area contributed by atoms with Gasteiger partial charge in [-0.2, -0.15) is 0 Å². The van der Waals surface area contributed by atoms with E-state index >= 15 is 0 Å². The lowest BCUT2D eigenvalue weighted by molar-refractivity contribution is 0.411. The first kappa shape index (κ1) is 12.5. The van der Waals surface area contributed by atoms with E-state index in [1.54, 1.807) is 5.56 Å². The molecule has 0 nitrogen and oxygen atoms in total. The minimum absolute atomic E-state index is 0.398. The highest BCUT2D eigenvalue weighted by atomic mass is 127. The van der Waals surface area contributed by atoms with Gasteiger partial charge in [0, 0.05) is 0 Å². The van der Waals surface area contributed by atoms with Gasteiger partial charge in [0.1, 0.15) is 0 Å². The summed E-state index contributed by atoms with van der Waals surface area (Å²) in [6, 6.07) is 0. The van der Waals surface area contributed by atoms with Crippen molar-refractivity contribution in [2.45, 2.75) is 52.4 Å². The van der Waals surface area contributed by atoms with Gasteiger partial charge in [0.2, 0.25) is 0 Å². The Balaban J connectivity index is 3.11. The Kier molecular flexibility index (Phi) is 4.44. The summed E-state index contributed by atoms with van der Waals surface area (Å²) < 4.78 is 1.48. The van der Waals surface area contributed by atoms with Crippen LogP contribution < -0.4 is 0 Å². The summed E-state index contributed by atoms with van der Waals surface area (Å²) in [6.45, 7) is 9.25. The minimum atomic E-state index is 0.398. The van der Waals surface area contributed by atoms with Gasteiger partial charge in [-0.25, -0.2) is 0 Å². The highest BCUT2D eigenvalue weighted by Crippen LogP contribution is 2.39. The topological polar surface area (TPSA) is 0 Å². The lowest BCUT2D eigenvalue weighted by atomic mass is 9.76. The van der Waals surface area contributed by atoms with Gasteiger partial charge in [-0.05, 0) is 64.3 Å². The fourth-order valence-electron chi connectivity index (χ4n) is 2.16. The normalized spacial score (nSPS) is 15.5. The van der Waals surface area contributed by atoms with Gasteiger partial charge in [0.25, 0.3) is 0 Å². The second kappa shape index (κ2) is 4.97. The average molecular weight is 322 g/mol. The number of rotatable bonds is 4. The van der Waals surface area contributed by atoms with Crippen LogP contribution in [0.1, 0.15) is 51.2 Å². The van der Waals surface area contributed by atoms with E-state index in [1.165, 1.54) is 27.7 Å². The van der Waals surface area contributed by atoms with E-state index in [1.807, 2.05) is 11.3 Å². The van der Waals surface area contributed by atoms with Crippen molar-refractivity contribution in [1.29, 1.82) is 0 Å². The Morgan fingerprint density at radius 2 is 2.07 bits per heavy atom. The van der Waals surface area contributed by atoms with Crippen LogP contribution in [0.4, 0.5) is 0 Å². The van der Waals surface area contributed by atoms with Crippen LogP contribution in [0, 0.1) is 9.81 Å². The monoisotopic (exact) mass is 322 g/mol. The summed E-state index contributed by atoms with van der Waals surface area (Å²) in [5.41, 5.74) is 3.49. The van der Waals surface area contributed by atoms with E-state index < -0.39 is 0 Å². The van der Waals surface area contributed by atoms with E-state index in [0.29, 0.717) is 5.41 Å². The van der Waals surface area contributed by atoms with Crippen molar-refractivity contribution in [3.8, 4) is 0 Å². The predicted molar refractivity (Wildman–Crippen MR) is 74.3 cm³/mol. The molecule has 14 heavy (non-hydrogen) atoms. The van der Waals surface area contributed by atoms with Crippen molar-refractivity contribution in [2.24, 2.45) is 0 Å². The van der Waals surface area contributed by atoms with Gasteiger partial charge >= 0.3 is 0 Å². The molecular formula is C12H19IS. The molecule has 0 amide bonds. The Labute approximate surface area is 105 Å². The number of aryl methyl sites for hydroxylation is 1. The maximum atomic E-state index is 2.49. The van der Waals surface area contributed by atoms with Gasteiger partial charge in [-0.3, -0.25) is 0 Å². The van der Waals surface area contributed by atoms with Gasteiger partial charge in [-0.15, -0.1) is 11.3 Å². The summed E-state index contributed by atoms with van der Waals surface area (Å²) in [5.74, 6) is 0. The first-order chi connectivity index (χ1) is 6.55. The molecule has 0 aliphatic carbocycles. The van der Waals surface area contributed by atoms with Crippen LogP contribution in [0.3, 0.4) is 0 Å². The number of halogens is 1. The molecule has 0 aliphatic heterocycles. The molecule has 2 heteroatoms. The summed E-state index contributed by atoms with van der Waals surface area (Å²) in [6.07, 6.45) is 3.82. The maximum Gasteiger partial charge on any atom is 0.0693 e. The molecule has 1 atom stereocenters. The van der Waals surface area contributed by atoms with Gasteiger partial charge in [-0.1, -0.05) is 27.2 Å². The Hall–Kier alpha value is 0.430. The van der Waals surface area contributed by atoms with Gasteiger partial charge < -0.3 is 0 Å². The molecule has 0 aliphatic rings. The second-order valence-corrected chi connectivity index (χ2v) is 6.92. The van der Waals surface area contributed by atoms with E-state index in [9.17, 15) is 0 Å². The maximum absolute atomic E-state index is 2.49.